The summed E-state index contributed by atoms with van der Waals surface area (Å²) in [5.41, 5.74) is -2.19. The second kappa shape index (κ2) is 9.45. The molecule has 4 aromatic rings. The van der Waals surface area contributed by atoms with Gasteiger partial charge in [-0.2, -0.15) is 4.98 Å². The third-order valence-corrected chi connectivity index (χ3v) is 5.64. The predicted molar refractivity (Wildman–Crippen MR) is 123 cm³/mol. The van der Waals surface area contributed by atoms with Crippen molar-refractivity contribution in [1.82, 2.24) is 14.5 Å². The lowest BCUT2D eigenvalue weighted by molar-refractivity contribution is 0.0828. The summed E-state index contributed by atoms with van der Waals surface area (Å²) in [6.07, 6.45) is 0. The monoisotopic (exact) mass is 486 g/mol. The molecule has 0 saturated carbocycles. The number of nitrogens with zero attached hydrogens (tertiary/aromatic N) is 3. The van der Waals surface area contributed by atoms with E-state index in [2.05, 4.69) is 15.3 Å². The van der Waals surface area contributed by atoms with Crippen LogP contribution in [-0.2, 0) is 0 Å². The first-order valence-corrected chi connectivity index (χ1v) is 10.5. The van der Waals surface area contributed by atoms with E-state index in [-0.39, 0.29) is 22.7 Å². The zero-order valence-electron chi connectivity index (χ0n) is 18.5. The van der Waals surface area contributed by atoms with E-state index in [0.29, 0.717) is 11.1 Å². The summed E-state index contributed by atoms with van der Waals surface area (Å²) in [5, 5.41) is 32.1. The summed E-state index contributed by atoms with van der Waals surface area (Å²) in [6, 6.07) is 9.54. The molecule has 0 saturated heterocycles. The fraction of sp³-hybridized carbons (Fsp3) is 0.208. The standard InChI is InChI=1S/C24H21F3N4O4/c1-13-9-14(25)5-6-15(13)20-16-7-8-19(35)31(21-17(26)3-2-4-18(21)27)22(16)29-23(28-20)30-24(10-32,11-33)12-34/h2-9,32-34H,10-12H2,1H3,(H,28,29,30). The average Bonchev–Trinajstić information content (AvgIpc) is 2.83. The Morgan fingerprint density at radius 2 is 1.60 bits per heavy atom. The summed E-state index contributed by atoms with van der Waals surface area (Å²) in [7, 11) is 0. The van der Waals surface area contributed by atoms with Gasteiger partial charge >= 0.3 is 0 Å². The van der Waals surface area contributed by atoms with E-state index in [1.807, 2.05) is 0 Å². The van der Waals surface area contributed by atoms with Crippen LogP contribution in [0.2, 0.25) is 0 Å². The first-order chi connectivity index (χ1) is 16.7. The fourth-order valence-corrected chi connectivity index (χ4v) is 3.69. The van der Waals surface area contributed by atoms with Crippen LogP contribution in [0.15, 0.2) is 53.3 Å². The number of aliphatic hydroxyl groups is 3. The maximum absolute atomic E-state index is 14.7. The second-order valence-corrected chi connectivity index (χ2v) is 8.05. The Hall–Kier alpha value is -3.80. The van der Waals surface area contributed by atoms with E-state index < -0.39 is 54.1 Å². The smallest absolute Gasteiger partial charge is 0.256 e. The van der Waals surface area contributed by atoms with Crippen molar-refractivity contribution < 1.29 is 28.5 Å². The maximum atomic E-state index is 14.7. The highest BCUT2D eigenvalue weighted by Crippen LogP contribution is 2.31. The lowest BCUT2D eigenvalue weighted by Crippen LogP contribution is -2.49. The molecule has 0 atom stereocenters. The minimum Gasteiger partial charge on any atom is -0.394 e. The molecule has 0 aliphatic carbocycles. The topological polar surface area (TPSA) is 121 Å². The number of aryl methyl sites for hydroxylation is 1. The number of fused-ring (bicyclic) bond motifs is 1. The van der Waals surface area contributed by atoms with Crippen molar-refractivity contribution >= 4 is 17.0 Å². The highest BCUT2D eigenvalue weighted by Gasteiger charge is 2.30. The molecule has 4 N–H and O–H groups in total. The lowest BCUT2D eigenvalue weighted by atomic mass is 10.0. The van der Waals surface area contributed by atoms with Crippen molar-refractivity contribution in [3.63, 3.8) is 0 Å². The summed E-state index contributed by atoms with van der Waals surface area (Å²) in [5.74, 6) is -2.78. The summed E-state index contributed by atoms with van der Waals surface area (Å²) in [6.45, 7) is -0.507. The van der Waals surface area contributed by atoms with Gasteiger partial charge in [-0.15, -0.1) is 0 Å². The van der Waals surface area contributed by atoms with E-state index in [0.717, 1.165) is 28.8 Å². The normalized spacial score (nSPS) is 11.7. The molecule has 182 valence electrons. The molecule has 0 spiro atoms. The number of halogens is 3. The van der Waals surface area contributed by atoms with E-state index in [4.69, 9.17) is 0 Å². The average molecular weight is 486 g/mol. The SMILES string of the molecule is Cc1cc(F)ccc1-c1nc(NC(CO)(CO)CO)nc2c1ccc(=O)n2-c1c(F)cccc1F. The quantitative estimate of drug-likeness (QED) is 0.316. The molecule has 0 aliphatic heterocycles. The van der Waals surface area contributed by atoms with Crippen LogP contribution in [0.3, 0.4) is 0 Å². The van der Waals surface area contributed by atoms with Crippen LogP contribution in [0, 0.1) is 24.4 Å². The lowest BCUT2D eigenvalue weighted by Gasteiger charge is -2.29. The molecule has 0 fully saturated rings. The zero-order valence-corrected chi connectivity index (χ0v) is 18.5. The van der Waals surface area contributed by atoms with Crippen LogP contribution in [0.5, 0.6) is 0 Å². The molecule has 0 unspecified atom stereocenters. The summed E-state index contributed by atoms with van der Waals surface area (Å²) >= 11 is 0. The molecule has 2 aromatic heterocycles. The molecule has 2 aromatic carbocycles. The molecule has 4 rings (SSSR count). The van der Waals surface area contributed by atoms with Crippen LogP contribution in [0.4, 0.5) is 19.1 Å². The van der Waals surface area contributed by atoms with Crippen LogP contribution < -0.4 is 10.9 Å². The highest BCUT2D eigenvalue weighted by molar-refractivity contribution is 5.93. The number of pyridine rings is 1. The van der Waals surface area contributed by atoms with Crippen molar-refractivity contribution in [3.05, 3.63) is 81.9 Å². The van der Waals surface area contributed by atoms with E-state index in [1.54, 1.807) is 6.92 Å². The van der Waals surface area contributed by atoms with Gasteiger partial charge in [0.1, 0.15) is 28.7 Å². The Bertz CT molecular complexity index is 1440. The van der Waals surface area contributed by atoms with E-state index >= 15 is 0 Å². The van der Waals surface area contributed by atoms with Gasteiger partial charge in [-0.25, -0.2) is 18.2 Å². The van der Waals surface area contributed by atoms with Gasteiger partial charge in [0.05, 0.1) is 25.5 Å². The summed E-state index contributed by atoms with van der Waals surface area (Å²) < 4.78 is 44.0. The number of aromatic nitrogens is 3. The molecule has 8 nitrogen and oxygen atoms in total. The number of rotatable bonds is 7. The van der Waals surface area contributed by atoms with Gasteiger partial charge in [0.2, 0.25) is 5.95 Å². The Kier molecular flexibility index (Phi) is 6.57. The van der Waals surface area contributed by atoms with E-state index in [1.165, 1.54) is 24.3 Å². The van der Waals surface area contributed by atoms with Gasteiger partial charge in [0, 0.05) is 17.0 Å². The summed E-state index contributed by atoms with van der Waals surface area (Å²) in [4.78, 5) is 21.5. The largest absolute Gasteiger partial charge is 0.394 e. The Labute approximate surface area is 197 Å². The molecule has 2 heterocycles. The Morgan fingerprint density at radius 3 is 2.20 bits per heavy atom. The minimum absolute atomic E-state index is 0.184. The van der Waals surface area contributed by atoms with Crippen molar-refractivity contribution in [2.45, 2.75) is 12.5 Å². The van der Waals surface area contributed by atoms with Gasteiger partial charge in [0.25, 0.3) is 5.56 Å². The predicted octanol–water partition coefficient (Wildman–Crippen LogP) is 2.30. The second-order valence-electron chi connectivity index (χ2n) is 8.05. The van der Waals surface area contributed by atoms with Crippen molar-refractivity contribution in [3.8, 4) is 16.9 Å². The van der Waals surface area contributed by atoms with Gasteiger partial charge in [0.15, 0.2) is 5.65 Å². The Morgan fingerprint density at radius 1 is 0.943 bits per heavy atom. The molecule has 11 heteroatoms. The molecule has 0 aliphatic rings. The van der Waals surface area contributed by atoms with Gasteiger partial charge in [-0.1, -0.05) is 6.07 Å². The molecule has 0 amide bonds. The molecule has 0 radical (unpaired) electrons. The van der Waals surface area contributed by atoms with Crippen molar-refractivity contribution in [1.29, 1.82) is 0 Å². The van der Waals surface area contributed by atoms with Crippen molar-refractivity contribution in [2.75, 3.05) is 25.1 Å². The first-order valence-electron chi connectivity index (χ1n) is 10.5. The van der Waals surface area contributed by atoms with E-state index in [9.17, 15) is 33.3 Å². The van der Waals surface area contributed by atoms with Gasteiger partial charge in [-0.05, 0) is 48.9 Å². The van der Waals surface area contributed by atoms with Crippen LogP contribution in [-0.4, -0.2) is 55.2 Å². The molecule has 0 bridgehead atoms. The van der Waals surface area contributed by atoms with Gasteiger partial charge < -0.3 is 20.6 Å². The van der Waals surface area contributed by atoms with Crippen LogP contribution in [0.25, 0.3) is 28.0 Å². The number of aliphatic hydroxyl groups excluding tert-OH is 3. The minimum atomic E-state index is -1.65. The molecule has 35 heavy (non-hydrogen) atoms. The number of hydrogen-bond donors (Lipinski definition) is 4. The number of hydrogen-bond acceptors (Lipinski definition) is 7. The number of nitrogens with one attached hydrogen (secondary N) is 1. The third-order valence-electron chi connectivity index (χ3n) is 5.64. The highest BCUT2D eigenvalue weighted by atomic mass is 19.1. The van der Waals surface area contributed by atoms with Crippen molar-refractivity contribution in [2.24, 2.45) is 0 Å². The molecular formula is C24H21F3N4O4. The molecular weight excluding hydrogens is 465 g/mol. The zero-order chi connectivity index (χ0) is 25.3. The van der Waals surface area contributed by atoms with Crippen LogP contribution in [0.1, 0.15) is 5.56 Å². The first kappa shape index (κ1) is 24.3. The maximum Gasteiger partial charge on any atom is 0.256 e. The number of para-hydroxylation sites is 1. The van der Waals surface area contributed by atoms with Gasteiger partial charge in [-0.3, -0.25) is 9.36 Å². The third kappa shape index (κ3) is 4.36. The Balaban J connectivity index is 2.12. The number of anilines is 1. The fourth-order valence-electron chi connectivity index (χ4n) is 3.69. The number of benzene rings is 2. The van der Waals surface area contributed by atoms with Crippen LogP contribution >= 0.6 is 0 Å².